The Morgan fingerprint density at radius 2 is 0.821 bits per heavy atom. The molecule has 0 spiro atoms. The molecule has 0 aromatic heterocycles. The molecule has 0 bridgehead atoms. The van der Waals surface area contributed by atoms with Crippen LogP contribution >= 0.6 is 0 Å². The molecular weight excluding hydrogens is 478 g/mol. The summed E-state index contributed by atoms with van der Waals surface area (Å²) in [7, 11) is 0. The lowest BCUT2D eigenvalue weighted by molar-refractivity contribution is -0.143. The Kier molecular flexibility index (Phi) is 37.4. The van der Waals surface area contributed by atoms with Gasteiger partial charge in [-0.2, -0.15) is 0 Å². The van der Waals surface area contributed by atoms with Crippen LogP contribution < -0.4 is 6.15 Å². The summed E-state index contributed by atoms with van der Waals surface area (Å²) >= 11 is 0. The van der Waals surface area contributed by atoms with Gasteiger partial charge in [0.15, 0.2) is 0 Å². The fraction of sp³-hybridized carbons (Fsp3) is 0.806. The first-order valence-corrected chi connectivity index (χ1v) is 16.9. The van der Waals surface area contributed by atoms with E-state index in [2.05, 4.69) is 50.3 Å². The second-order valence-electron chi connectivity index (χ2n) is 11.1. The first-order valence-electron chi connectivity index (χ1n) is 16.9. The van der Waals surface area contributed by atoms with Crippen LogP contribution in [0.5, 0.6) is 0 Å². The van der Waals surface area contributed by atoms with Crippen molar-refractivity contribution in [2.45, 2.75) is 181 Å². The van der Waals surface area contributed by atoms with Crippen molar-refractivity contribution in [3.05, 3.63) is 36.5 Å². The molecule has 0 aliphatic rings. The third-order valence-electron chi connectivity index (χ3n) is 7.25. The molecule has 0 rings (SSSR count). The van der Waals surface area contributed by atoms with Crippen LogP contribution in [0.3, 0.4) is 0 Å². The van der Waals surface area contributed by atoms with E-state index in [1.165, 1.54) is 135 Å². The van der Waals surface area contributed by atoms with Crippen LogP contribution in [-0.2, 0) is 9.53 Å². The van der Waals surface area contributed by atoms with Crippen LogP contribution in [0.1, 0.15) is 181 Å². The molecule has 0 aromatic carbocycles. The lowest BCUT2D eigenvalue weighted by Gasteiger charge is -2.05. The second kappa shape index (κ2) is 36.6. The third kappa shape index (κ3) is 36.6. The Morgan fingerprint density at radius 1 is 0.462 bits per heavy atom. The van der Waals surface area contributed by atoms with E-state index < -0.39 is 0 Å². The molecule has 0 radical (unpaired) electrons. The van der Waals surface area contributed by atoms with Gasteiger partial charge in [0.05, 0.1) is 6.61 Å². The molecule has 0 atom stereocenters. The van der Waals surface area contributed by atoms with Gasteiger partial charge in [0.1, 0.15) is 0 Å². The van der Waals surface area contributed by atoms with Gasteiger partial charge >= 0.3 is 5.97 Å². The number of hydrogen-bond acceptors (Lipinski definition) is 3. The van der Waals surface area contributed by atoms with Crippen molar-refractivity contribution in [1.29, 1.82) is 0 Å². The van der Waals surface area contributed by atoms with Gasteiger partial charge in [0.2, 0.25) is 0 Å². The average Bonchev–Trinajstić information content (AvgIpc) is 2.92. The van der Waals surface area contributed by atoms with Crippen molar-refractivity contribution >= 4 is 5.97 Å². The highest BCUT2D eigenvalue weighted by Gasteiger charge is 2.02. The molecule has 0 fully saturated rings. The minimum atomic E-state index is 0. The average molecular weight is 548 g/mol. The molecule has 0 aromatic rings. The third-order valence-corrected chi connectivity index (χ3v) is 7.25. The standard InChI is InChI=1S/C36H66O2.H3N/c1-3-5-7-9-11-13-15-17-19-21-23-25-27-29-31-33-35-38-36(37)34-32-30-28-26-24-22-20-18-16-14-12-10-8-6-4-2;/h12,14,17-20H,3-11,13,15-16,21-35H2,1-2H3;1H3/b14-12-,19-17-,20-18-;. The summed E-state index contributed by atoms with van der Waals surface area (Å²) in [6.07, 6.45) is 46.2. The topological polar surface area (TPSA) is 61.3 Å². The van der Waals surface area contributed by atoms with E-state index in [1.54, 1.807) is 0 Å². The fourth-order valence-electron chi connectivity index (χ4n) is 4.69. The predicted molar refractivity (Wildman–Crippen MR) is 175 cm³/mol. The SMILES string of the molecule is CCCCC/C=C\C/C=C\CCCCCCCC(=O)OCCCCCCCC/C=C\CCCCCCCC.N. The molecule has 230 valence electrons. The van der Waals surface area contributed by atoms with Crippen LogP contribution in [0.15, 0.2) is 36.5 Å². The van der Waals surface area contributed by atoms with E-state index in [9.17, 15) is 4.79 Å². The zero-order valence-electron chi connectivity index (χ0n) is 26.6. The number of hydrogen-bond donors (Lipinski definition) is 1. The maximum atomic E-state index is 11.9. The van der Waals surface area contributed by atoms with Gasteiger partial charge < -0.3 is 10.9 Å². The van der Waals surface area contributed by atoms with Crippen LogP contribution in [0, 0.1) is 0 Å². The Labute approximate surface area is 245 Å². The van der Waals surface area contributed by atoms with E-state index >= 15 is 0 Å². The largest absolute Gasteiger partial charge is 0.466 e. The molecule has 3 heteroatoms. The molecule has 0 unspecified atom stereocenters. The highest BCUT2D eigenvalue weighted by Crippen LogP contribution is 2.11. The van der Waals surface area contributed by atoms with Crippen molar-refractivity contribution in [3.8, 4) is 0 Å². The number of rotatable bonds is 30. The summed E-state index contributed by atoms with van der Waals surface area (Å²) in [4.78, 5) is 11.9. The van der Waals surface area contributed by atoms with Crippen LogP contribution in [0.2, 0.25) is 0 Å². The lowest BCUT2D eigenvalue weighted by Crippen LogP contribution is -2.05. The van der Waals surface area contributed by atoms with E-state index in [0.29, 0.717) is 13.0 Å². The molecule has 0 saturated heterocycles. The number of carbonyl (C=O) groups excluding carboxylic acids is 1. The maximum Gasteiger partial charge on any atom is 0.305 e. The maximum absolute atomic E-state index is 11.9. The van der Waals surface area contributed by atoms with Crippen molar-refractivity contribution in [1.82, 2.24) is 6.15 Å². The normalized spacial score (nSPS) is 11.6. The Balaban J connectivity index is 0. The first kappa shape index (κ1) is 39.8. The number of allylic oxidation sites excluding steroid dienone is 6. The minimum absolute atomic E-state index is 0. The molecule has 0 aliphatic carbocycles. The van der Waals surface area contributed by atoms with Crippen LogP contribution in [-0.4, -0.2) is 12.6 Å². The van der Waals surface area contributed by atoms with Gasteiger partial charge in [-0.25, -0.2) is 0 Å². The summed E-state index contributed by atoms with van der Waals surface area (Å²) in [5.41, 5.74) is 0. The lowest BCUT2D eigenvalue weighted by atomic mass is 10.1. The number of unbranched alkanes of at least 4 members (excludes halogenated alkanes) is 20. The molecule has 0 amide bonds. The molecule has 0 aliphatic heterocycles. The summed E-state index contributed by atoms with van der Waals surface area (Å²) in [5.74, 6) is 0.00317. The van der Waals surface area contributed by atoms with E-state index in [4.69, 9.17) is 4.74 Å². The van der Waals surface area contributed by atoms with Crippen molar-refractivity contribution < 1.29 is 9.53 Å². The molecule has 3 nitrogen and oxygen atoms in total. The van der Waals surface area contributed by atoms with Gasteiger partial charge in [-0.1, -0.05) is 140 Å². The fourth-order valence-corrected chi connectivity index (χ4v) is 4.69. The number of ether oxygens (including phenoxy) is 1. The predicted octanol–water partition coefficient (Wildman–Crippen LogP) is 12.5. The van der Waals surface area contributed by atoms with Crippen molar-refractivity contribution in [3.63, 3.8) is 0 Å². The molecule has 0 saturated carbocycles. The highest BCUT2D eigenvalue weighted by atomic mass is 16.5. The molecular formula is C36H69NO2. The van der Waals surface area contributed by atoms with Crippen LogP contribution in [0.4, 0.5) is 0 Å². The summed E-state index contributed by atoms with van der Waals surface area (Å²) < 4.78 is 5.42. The van der Waals surface area contributed by atoms with Gasteiger partial charge in [-0.05, 0) is 70.6 Å². The zero-order valence-corrected chi connectivity index (χ0v) is 26.6. The number of esters is 1. The summed E-state index contributed by atoms with van der Waals surface area (Å²) in [6, 6.07) is 0. The highest BCUT2D eigenvalue weighted by molar-refractivity contribution is 5.69. The molecule has 39 heavy (non-hydrogen) atoms. The quantitative estimate of drug-likeness (QED) is 0.0552. The monoisotopic (exact) mass is 548 g/mol. The molecule has 0 heterocycles. The Hall–Kier alpha value is -1.35. The second-order valence-corrected chi connectivity index (χ2v) is 11.1. The Bertz CT molecular complexity index is 552. The summed E-state index contributed by atoms with van der Waals surface area (Å²) in [6.45, 7) is 5.14. The van der Waals surface area contributed by atoms with E-state index in [0.717, 1.165) is 25.7 Å². The van der Waals surface area contributed by atoms with Gasteiger partial charge in [0, 0.05) is 6.42 Å². The zero-order chi connectivity index (χ0) is 27.6. The van der Waals surface area contributed by atoms with Crippen LogP contribution in [0.25, 0.3) is 0 Å². The number of carbonyl (C=O) groups is 1. The molecule has 3 N–H and O–H groups in total. The van der Waals surface area contributed by atoms with Gasteiger partial charge in [-0.3, -0.25) is 4.79 Å². The van der Waals surface area contributed by atoms with Crippen molar-refractivity contribution in [2.24, 2.45) is 0 Å². The first-order chi connectivity index (χ1) is 18.8. The summed E-state index contributed by atoms with van der Waals surface area (Å²) in [5, 5.41) is 0. The van der Waals surface area contributed by atoms with Gasteiger partial charge in [-0.15, -0.1) is 0 Å². The van der Waals surface area contributed by atoms with Crippen molar-refractivity contribution in [2.75, 3.05) is 6.61 Å². The minimum Gasteiger partial charge on any atom is -0.466 e. The van der Waals surface area contributed by atoms with E-state index in [-0.39, 0.29) is 12.1 Å². The van der Waals surface area contributed by atoms with E-state index in [1.807, 2.05) is 0 Å². The smallest absolute Gasteiger partial charge is 0.305 e. The van der Waals surface area contributed by atoms with Gasteiger partial charge in [0.25, 0.3) is 0 Å². The Morgan fingerprint density at radius 3 is 1.33 bits per heavy atom.